The second-order valence-electron chi connectivity index (χ2n) is 3.89. The molecule has 0 saturated carbocycles. The van der Waals surface area contributed by atoms with Crippen LogP contribution in [-0.2, 0) is 6.54 Å². The second-order valence-corrected chi connectivity index (χ2v) is 5.32. The molecule has 19 heavy (non-hydrogen) atoms. The minimum absolute atomic E-state index is 0.169. The normalized spacial score (nSPS) is 10.6. The smallest absolute Gasteiger partial charge is 0.251 e. The third-order valence-electron chi connectivity index (χ3n) is 2.43. The summed E-state index contributed by atoms with van der Waals surface area (Å²) >= 11 is 7.57. The van der Waals surface area contributed by atoms with E-state index in [-0.39, 0.29) is 5.56 Å². The van der Waals surface area contributed by atoms with Gasteiger partial charge in [0.05, 0.1) is 5.02 Å². The predicted molar refractivity (Wildman–Crippen MR) is 77.8 cm³/mol. The van der Waals surface area contributed by atoms with Gasteiger partial charge in [-0.2, -0.15) is 0 Å². The predicted octanol–water partition coefficient (Wildman–Crippen LogP) is 2.68. The Morgan fingerprint density at radius 2 is 2.26 bits per heavy atom. The largest absolute Gasteiger partial charge is 0.313 e. The van der Waals surface area contributed by atoms with Crippen molar-refractivity contribution in [1.82, 2.24) is 15.3 Å². The first-order chi connectivity index (χ1) is 9.19. The fourth-order valence-corrected chi connectivity index (χ4v) is 2.60. The number of benzene rings is 1. The van der Waals surface area contributed by atoms with Crippen LogP contribution in [0.3, 0.4) is 0 Å². The summed E-state index contributed by atoms with van der Waals surface area (Å²) in [5.41, 5.74) is 0.961. The standard InChI is InChI=1S/C13H14ClN3OS/c1-2-15-8-9-3-4-11(10(14)7-9)19-13-16-6-5-12(18)17-13/h3-7,15H,2,8H2,1H3,(H,16,17,18). The zero-order valence-electron chi connectivity index (χ0n) is 10.4. The number of hydrogen-bond acceptors (Lipinski definition) is 4. The van der Waals surface area contributed by atoms with Crippen LogP contribution in [0.2, 0.25) is 5.02 Å². The van der Waals surface area contributed by atoms with Crippen LogP contribution in [0.25, 0.3) is 0 Å². The summed E-state index contributed by atoms with van der Waals surface area (Å²) < 4.78 is 0. The molecule has 0 aliphatic rings. The Bertz CT molecular complexity index is 615. The summed E-state index contributed by atoms with van der Waals surface area (Å²) in [6, 6.07) is 7.25. The van der Waals surface area contributed by atoms with Crippen LogP contribution in [0, 0.1) is 0 Å². The summed E-state index contributed by atoms with van der Waals surface area (Å²) in [6.45, 7) is 3.77. The highest BCUT2D eigenvalue weighted by Gasteiger charge is 2.05. The molecule has 2 rings (SSSR count). The van der Waals surface area contributed by atoms with Gasteiger partial charge in [0.1, 0.15) is 0 Å². The van der Waals surface area contributed by atoms with Crippen molar-refractivity contribution in [2.24, 2.45) is 0 Å². The van der Waals surface area contributed by atoms with E-state index < -0.39 is 0 Å². The number of nitrogens with one attached hydrogen (secondary N) is 2. The quantitative estimate of drug-likeness (QED) is 0.833. The van der Waals surface area contributed by atoms with E-state index in [2.05, 4.69) is 22.2 Å². The molecule has 100 valence electrons. The van der Waals surface area contributed by atoms with Crippen LogP contribution in [-0.4, -0.2) is 16.5 Å². The van der Waals surface area contributed by atoms with E-state index in [9.17, 15) is 4.79 Å². The first-order valence-corrected chi connectivity index (χ1v) is 7.11. The SMILES string of the molecule is CCNCc1ccc(Sc2nccc(=O)[nH]2)c(Cl)c1. The summed E-state index contributed by atoms with van der Waals surface area (Å²) in [5.74, 6) is 0. The van der Waals surface area contributed by atoms with Crippen molar-refractivity contribution < 1.29 is 0 Å². The van der Waals surface area contributed by atoms with Gasteiger partial charge in [-0.05, 0) is 24.2 Å². The molecular weight excluding hydrogens is 282 g/mol. The Morgan fingerprint density at radius 1 is 1.42 bits per heavy atom. The van der Waals surface area contributed by atoms with Gasteiger partial charge in [0.15, 0.2) is 5.16 Å². The Balaban J connectivity index is 2.15. The highest BCUT2D eigenvalue weighted by Crippen LogP contribution is 2.31. The maximum absolute atomic E-state index is 11.2. The van der Waals surface area contributed by atoms with E-state index in [0.717, 1.165) is 23.5 Å². The molecular formula is C13H14ClN3OS. The lowest BCUT2D eigenvalue weighted by Crippen LogP contribution is -2.11. The Morgan fingerprint density at radius 3 is 2.95 bits per heavy atom. The van der Waals surface area contributed by atoms with E-state index in [0.29, 0.717) is 10.2 Å². The molecule has 0 aliphatic carbocycles. The molecule has 0 fully saturated rings. The highest BCUT2D eigenvalue weighted by molar-refractivity contribution is 7.99. The zero-order chi connectivity index (χ0) is 13.7. The topological polar surface area (TPSA) is 57.8 Å². The number of aromatic nitrogens is 2. The highest BCUT2D eigenvalue weighted by atomic mass is 35.5. The molecule has 2 aromatic rings. The van der Waals surface area contributed by atoms with E-state index in [1.165, 1.54) is 24.0 Å². The molecule has 1 aromatic heterocycles. The van der Waals surface area contributed by atoms with Gasteiger partial charge in [-0.15, -0.1) is 0 Å². The molecule has 0 aliphatic heterocycles. The lowest BCUT2D eigenvalue weighted by molar-refractivity contribution is 0.726. The maximum Gasteiger partial charge on any atom is 0.251 e. The second kappa shape index (κ2) is 6.75. The molecule has 4 nitrogen and oxygen atoms in total. The fraction of sp³-hybridized carbons (Fsp3) is 0.231. The molecule has 0 unspecified atom stereocenters. The average Bonchev–Trinajstić information content (AvgIpc) is 2.39. The molecule has 0 bridgehead atoms. The van der Waals surface area contributed by atoms with Crippen LogP contribution in [0.15, 0.2) is 45.3 Å². The van der Waals surface area contributed by atoms with E-state index in [1.807, 2.05) is 18.2 Å². The molecule has 0 spiro atoms. The van der Waals surface area contributed by atoms with Gasteiger partial charge in [0.2, 0.25) is 0 Å². The van der Waals surface area contributed by atoms with Crippen LogP contribution >= 0.6 is 23.4 Å². The van der Waals surface area contributed by atoms with Crippen molar-refractivity contribution in [3.8, 4) is 0 Å². The molecule has 6 heteroatoms. The third-order valence-corrected chi connectivity index (χ3v) is 3.83. The minimum atomic E-state index is -0.169. The number of nitrogens with zero attached hydrogens (tertiary/aromatic N) is 1. The summed E-state index contributed by atoms with van der Waals surface area (Å²) in [6.07, 6.45) is 1.48. The van der Waals surface area contributed by atoms with Gasteiger partial charge in [0.25, 0.3) is 5.56 Å². The minimum Gasteiger partial charge on any atom is -0.313 e. The summed E-state index contributed by atoms with van der Waals surface area (Å²) in [7, 11) is 0. The molecule has 2 N–H and O–H groups in total. The van der Waals surface area contributed by atoms with Gasteiger partial charge >= 0.3 is 0 Å². The van der Waals surface area contributed by atoms with E-state index >= 15 is 0 Å². The maximum atomic E-state index is 11.2. The van der Waals surface area contributed by atoms with Crippen molar-refractivity contribution in [2.45, 2.75) is 23.5 Å². The summed E-state index contributed by atoms with van der Waals surface area (Å²) in [5, 5.41) is 4.44. The first kappa shape index (κ1) is 14.1. The van der Waals surface area contributed by atoms with Crippen LogP contribution < -0.4 is 10.9 Å². The van der Waals surface area contributed by atoms with Gasteiger partial charge in [-0.1, -0.05) is 36.4 Å². The van der Waals surface area contributed by atoms with Gasteiger partial charge < -0.3 is 10.3 Å². The van der Waals surface area contributed by atoms with Crippen molar-refractivity contribution >= 4 is 23.4 Å². The lowest BCUT2D eigenvalue weighted by atomic mass is 10.2. The monoisotopic (exact) mass is 295 g/mol. The first-order valence-electron chi connectivity index (χ1n) is 5.91. The number of aromatic amines is 1. The summed E-state index contributed by atoms with van der Waals surface area (Å²) in [4.78, 5) is 18.8. The molecule has 1 heterocycles. The molecule has 0 atom stereocenters. The zero-order valence-corrected chi connectivity index (χ0v) is 12.0. The Kier molecular flexibility index (Phi) is 5.01. The number of rotatable bonds is 5. The van der Waals surface area contributed by atoms with Gasteiger partial charge in [-0.3, -0.25) is 4.79 Å². The molecule has 1 aromatic carbocycles. The van der Waals surface area contributed by atoms with E-state index in [4.69, 9.17) is 11.6 Å². The van der Waals surface area contributed by atoms with Crippen LogP contribution in [0.1, 0.15) is 12.5 Å². The van der Waals surface area contributed by atoms with Gasteiger partial charge in [0, 0.05) is 23.7 Å². The number of hydrogen-bond donors (Lipinski definition) is 2. The molecule has 0 amide bonds. The van der Waals surface area contributed by atoms with Crippen molar-refractivity contribution in [2.75, 3.05) is 6.54 Å². The van der Waals surface area contributed by atoms with Crippen molar-refractivity contribution in [3.63, 3.8) is 0 Å². The lowest BCUT2D eigenvalue weighted by Gasteiger charge is -2.06. The number of halogens is 1. The van der Waals surface area contributed by atoms with Gasteiger partial charge in [-0.25, -0.2) is 4.98 Å². The average molecular weight is 296 g/mol. The molecule has 0 radical (unpaired) electrons. The number of H-pyrrole nitrogens is 1. The third kappa shape index (κ3) is 4.09. The van der Waals surface area contributed by atoms with Crippen LogP contribution in [0.5, 0.6) is 0 Å². The van der Waals surface area contributed by atoms with Crippen molar-refractivity contribution in [1.29, 1.82) is 0 Å². The van der Waals surface area contributed by atoms with Crippen molar-refractivity contribution in [3.05, 3.63) is 51.4 Å². The van der Waals surface area contributed by atoms with Crippen LogP contribution in [0.4, 0.5) is 0 Å². The molecule has 0 saturated heterocycles. The Hall–Kier alpha value is -1.30. The fourth-order valence-electron chi connectivity index (χ4n) is 1.51. The Labute approximate surface area is 120 Å². The van der Waals surface area contributed by atoms with E-state index in [1.54, 1.807) is 0 Å².